The van der Waals surface area contributed by atoms with Crippen molar-refractivity contribution in [3.8, 4) is 0 Å². The Hall–Kier alpha value is -0.830. The van der Waals surface area contributed by atoms with Gasteiger partial charge in [-0.05, 0) is 30.5 Å². The topological polar surface area (TPSA) is 65.5 Å². The van der Waals surface area contributed by atoms with Crippen molar-refractivity contribution in [2.75, 3.05) is 26.7 Å². The Morgan fingerprint density at radius 3 is 2.52 bits per heavy atom. The maximum absolute atomic E-state index is 11.9. The molecule has 0 unspecified atom stereocenters. The van der Waals surface area contributed by atoms with Crippen molar-refractivity contribution in [2.45, 2.75) is 20.3 Å². The van der Waals surface area contributed by atoms with E-state index < -0.39 is 0 Å². The fourth-order valence-corrected chi connectivity index (χ4v) is 2.15. The van der Waals surface area contributed by atoms with Crippen molar-refractivity contribution >= 4 is 51.8 Å². The predicted molar refractivity (Wildman–Crippen MR) is 111 cm³/mol. The highest BCUT2D eigenvalue weighted by Gasteiger charge is 2.04. The van der Waals surface area contributed by atoms with Crippen molar-refractivity contribution in [2.24, 2.45) is 10.9 Å². The van der Waals surface area contributed by atoms with Crippen LogP contribution in [0.5, 0.6) is 0 Å². The molecule has 5 nitrogen and oxygen atoms in total. The number of halogens is 2. The van der Waals surface area contributed by atoms with Crippen molar-refractivity contribution in [3.63, 3.8) is 0 Å². The van der Waals surface area contributed by atoms with Crippen LogP contribution in [0.2, 0.25) is 0 Å². The molecule has 0 fully saturated rings. The second kappa shape index (κ2) is 12.6. The zero-order valence-corrected chi connectivity index (χ0v) is 17.8. The molecule has 0 saturated carbocycles. The van der Waals surface area contributed by atoms with E-state index in [1.54, 1.807) is 13.1 Å². The predicted octanol–water partition coefficient (Wildman–Crippen LogP) is 3.01. The van der Waals surface area contributed by atoms with Crippen LogP contribution in [0.4, 0.5) is 0 Å². The average Bonchev–Trinajstić information content (AvgIpc) is 2.49. The van der Waals surface area contributed by atoms with Crippen LogP contribution in [0.3, 0.4) is 0 Å². The SMILES string of the molecule is CN=C(NCCCNC(=O)c1cccc(Br)c1)NCC(C)C.I. The number of carbonyl (C=O) groups excluding carboxylic acids is 1. The van der Waals surface area contributed by atoms with E-state index in [0.29, 0.717) is 18.0 Å². The Labute approximate surface area is 164 Å². The monoisotopic (exact) mass is 496 g/mol. The molecule has 23 heavy (non-hydrogen) atoms. The lowest BCUT2D eigenvalue weighted by molar-refractivity contribution is 0.0953. The molecule has 3 N–H and O–H groups in total. The van der Waals surface area contributed by atoms with E-state index >= 15 is 0 Å². The summed E-state index contributed by atoms with van der Waals surface area (Å²) in [4.78, 5) is 16.1. The van der Waals surface area contributed by atoms with Gasteiger partial charge in [-0.2, -0.15) is 0 Å². The smallest absolute Gasteiger partial charge is 0.251 e. The van der Waals surface area contributed by atoms with Gasteiger partial charge in [-0.15, -0.1) is 24.0 Å². The van der Waals surface area contributed by atoms with Crippen LogP contribution in [0.25, 0.3) is 0 Å². The van der Waals surface area contributed by atoms with Gasteiger partial charge >= 0.3 is 0 Å². The summed E-state index contributed by atoms with van der Waals surface area (Å²) in [7, 11) is 1.75. The second-order valence-corrected chi connectivity index (χ2v) is 6.31. The summed E-state index contributed by atoms with van der Waals surface area (Å²) in [6, 6.07) is 7.36. The second-order valence-electron chi connectivity index (χ2n) is 5.39. The molecule has 0 saturated heterocycles. The first-order valence-electron chi connectivity index (χ1n) is 7.51. The molecule has 0 aliphatic rings. The van der Waals surface area contributed by atoms with Gasteiger partial charge in [0.15, 0.2) is 5.96 Å². The number of benzene rings is 1. The van der Waals surface area contributed by atoms with E-state index in [1.165, 1.54) is 0 Å². The maximum Gasteiger partial charge on any atom is 0.251 e. The number of rotatable bonds is 7. The molecule has 7 heteroatoms. The number of nitrogens with zero attached hydrogens (tertiary/aromatic N) is 1. The van der Waals surface area contributed by atoms with Crippen LogP contribution < -0.4 is 16.0 Å². The number of hydrogen-bond acceptors (Lipinski definition) is 2. The molecule has 1 aromatic rings. The van der Waals surface area contributed by atoms with Crippen LogP contribution in [0, 0.1) is 5.92 Å². The zero-order valence-electron chi connectivity index (χ0n) is 13.9. The Bertz CT molecular complexity index is 509. The van der Waals surface area contributed by atoms with Gasteiger partial charge < -0.3 is 16.0 Å². The molecule has 0 spiro atoms. The fraction of sp³-hybridized carbons (Fsp3) is 0.500. The molecule has 0 aliphatic carbocycles. The van der Waals surface area contributed by atoms with Gasteiger partial charge in [-0.25, -0.2) is 0 Å². The summed E-state index contributed by atoms with van der Waals surface area (Å²) in [5.74, 6) is 1.32. The van der Waals surface area contributed by atoms with E-state index in [0.717, 1.165) is 29.9 Å². The number of nitrogens with one attached hydrogen (secondary N) is 3. The van der Waals surface area contributed by atoms with Gasteiger partial charge in [0.25, 0.3) is 5.91 Å². The summed E-state index contributed by atoms with van der Waals surface area (Å²) in [6.07, 6.45) is 0.835. The van der Waals surface area contributed by atoms with Gasteiger partial charge in [0, 0.05) is 36.7 Å². The standard InChI is InChI=1S/C16H25BrN4O.HI/c1-12(2)11-21-16(18-3)20-9-5-8-19-15(22)13-6-4-7-14(17)10-13;/h4,6-7,10,12H,5,8-9,11H2,1-3H3,(H,19,22)(H2,18,20,21);1H. The third-order valence-electron chi connectivity index (χ3n) is 2.92. The zero-order chi connectivity index (χ0) is 16.4. The molecule has 0 atom stereocenters. The number of amides is 1. The maximum atomic E-state index is 11.9. The molecule has 0 radical (unpaired) electrons. The van der Waals surface area contributed by atoms with Crippen LogP contribution in [-0.4, -0.2) is 38.5 Å². The Kier molecular flexibility index (Phi) is 12.1. The van der Waals surface area contributed by atoms with Crippen molar-refractivity contribution in [1.29, 1.82) is 0 Å². The summed E-state index contributed by atoms with van der Waals surface area (Å²) < 4.78 is 0.904. The Morgan fingerprint density at radius 1 is 1.22 bits per heavy atom. The van der Waals surface area contributed by atoms with Gasteiger partial charge in [-0.3, -0.25) is 9.79 Å². The Morgan fingerprint density at radius 2 is 1.91 bits per heavy atom. The van der Waals surface area contributed by atoms with Gasteiger partial charge in [0.2, 0.25) is 0 Å². The number of aliphatic imine (C=N–C) groups is 1. The van der Waals surface area contributed by atoms with Crippen molar-refractivity contribution in [3.05, 3.63) is 34.3 Å². The van der Waals surface area contributed by atoms with Crippen molar-refractivity contribution in [1.82, 2.24) is 16.0 Å². The largest absolute Gasteiger partial charge is 0.356 e. The molecule has 1 amide bonds. The van der Waals surface area contributed by atoms with Crippen LogP contribution in [0.1, 0.15) is 30.6 Å². The molecule has 0 aliphatic heterocycles. The molecule has 130 valence electrons. The lowest BCUT2D eigenvalue weighted by Crippen LogP contribution is -2.40. The van der Waals surface area contributed by atoms with E-state index in [-0.39, 0.29) is 29.9 Å². The van der Waals surface area contributed by atoms with E-state index in [9.17, 15) is 4.79 Å². The van der Waals surface area contributed by atoms with Gasteiger partial charge in [0.1, 0.15) is 0 Å². The first kappa shape index (κ1) is 22.2. The van der Waals surface area contributed by atoms with E-state index in [2.05, 4.69) is 50.7 Å². The normalized spacial score (nSPS) is 10.9. The highest BCUT2D eigenvalue weighted by atomic mass is 127. The lowest BCUT2D eigenvalue weighted by atomic mass is 10.2. The lowest BCUT2D eigenvalue weighted by Gasteiger charge is -2.13. The van der Waals surface area contributed by atoms with E-state index in [4.69, 9.17) is 0 Å². The summed E-state index contributed by atoms with van der Waals surface area (Å²) >= 11 is 3.36. The molecular weight excluding hydrogens is 471 g/mol. The summed E-state index contributed by atoms with van der Waals surface area (Å²) in [5, 5.41) is 9.38. The molecule has 0 bridgehead atoms. The molecule has 0 aromatic heterocycles. The molecule has 1 aromatic carbocycles. The molecule has 1 rings (SSSR count). The first-order valence-corrected chi connectivity index (χ1v) is 8.30. The quantitative estimate of drug-likeness (QED) is 0.235. The van der Waals surface area contributed by atoms with Crippen molar-refractivity contribution < 1.29 is 4.79 Å². The highest BCUT2D eigenvalue weighted by molar-refractivity contribution is 14.0. The average molecular weight is 497 g/mol. The van der Waals surface area contributed by atoms with Gasteiger partial charge in [-0.1, -0.05) is 35.8 Å². The third kappa shape index (κ3) is 9.80. The van der Waals surface area contributed by atoms with Crippen LogP contribution >= 0.6 is 39.9 Å². The summed E-state index contributed by atoms with van der Waals surface area (Å²) in [6.45, 7) is 6.57. The third-order valence-corrected chi connectivity index (χ3v) is 3.41. The minimum Gasteiger partial charge on any atom is -0.356 e. The molecule has 0 heterocycles. The number of carbonyl (C=O) groups is 1. The molecular formula is C16H26BrIN4O. The summed E-state index contributed by atoms with van der Waals surface area (Å²) in [5.41, 5.74) is 0.664. The fourth-order valence-electron chi connectivity index (χ4n) is 1.75. The minimum absolute atomic E-state index is 0. The van der Waals surface area contributed by atoms with Gasteiger partial charge in [0.05, 0.1) is 0 Å². The first-order chi connectivity index (χ1) is 10.5. The van der Waals surface area contributed by atoms with E-state index in [1.807, 2.05) is 18.2 Å². The Balaban J connectivity index is 0.00000484. The minimum atomic E-state index is -0.0522. The number of guanidine groups is 1. The van der Waals surface area contributed by atoms with Crippen LogP contribution in [-0.2, 0) is 0 Å². The van der Waals surface area contributed by atoms with Crippen LogP contribution in [0.15, 0.2) is 33.7 Å². The highest BCUT2D eigenvalue weighted by Crippen LogP contribution is 2.11. The number of hydrogen-bond donors (Lipinski definition) is 3.